The molecule has 1 aliphatic heterocycles. The van der Waals surface area contributed by atoms with Gasteiger partial charge in [0.05, 0.1) is 5.92 Å². The number of fused-ring (bicyclic) bond motifs is 1. The number of aromatic nitrogens is 1. The monoisotopic (exact) mass is 369 g/mol. The molecule has 2 aromatic heterocycles. The Bertz CT molecular complexity index is 955. The van der Waals surface area contributed by atoms with Crippen LogP contribution in [-0.4, -0.2) is 24.0 Å². The van der Waals surface area contributed by atoms with Crippen molar-refractivity contribution in [1.82, 2.24) is 4.98 Å². The predicted molar refractivity (Wildman–Crippen MR) is 104 cm³/mol. The number of benzene rings is 1. The summed E-state index contributed by atoms with van der Waals surface area (Å²) in [6.45, 7) is 3.35. The molecule has 6 heteroatoms. The molecule has 1 saturated heterocycles. The van der Waals surface area contributed by atoms with Crippen molar-refractivity contribution in [2.45, 2.75) is 19.8 Å². The molecule has 26 heavy (non-hydrogen) atoms. The molecule has 0 radical (unpaired) electrons. The summed E-state index contributed by atoms with van der Waals surface area (Å²) in [6, 6.07) is 8.54. The number of rotatable bonds is 3. The summed E-state index contributed by atoms with van der Waals surface area (Å²) in [5.41, 5.74) is 1.40. The number of hydrogen-bond acceptors (Lipinski definition) is 4. The van der Waals surface area contributed by atoms with Gasteiger partial charge in [0.25, 0.3) is 0 Å². The van der Waals surface area contributed by atoms with E-state index in [1.165, 1.54) is 16.8 Å². The Morgan fingerprint density at radius 1 is 1.35 bits per heavy atom. The van der Waals surface area contributed by atoms with E-state index >= 15 is 0 Å². The number of carbonyl (C=O) groups is 1. The lowest BCUT2D eigenvalue weighted by atomic mass is 9.96. The first-order valence-electron chi connectivity index (χ1n) is 8.76. The molecule has 1 N–H and O–H groups in total. The van der Waals surface area contributed by atoms with E-state index in [4.69, 9.17) is 0 Å². The highest BCUT2D eigenvalue weighted by Crippen LogP contribution is 2.31. The second-order valence-electron chi connectivity index (χ2n) is 6.70. The average molecular weight is 369 g/mol. The molecule has 134 valence electrons. The lowest BCUT2D eigenvalue weighted by Gasteiger charge is -2.33. The molecule has 0 aliphatic carbocycles. The molecule has 0 spiro atoms. The van der Waals surface area contributed by atoms with Crippen LogP contribution in [0.2, 0.25) is 0 Å². The third-order valence-corrected chi connectivity index (χ3v) is 5.78. The number of halogens is 1. The van der Waals surface area contributed by atoms with E-state index < -0.39 is 0 Å². The van der Waals surface area contributed by atoms with E-state index in [1.807, 2.05) is 12.3 Å². The van der Waals surface area contributed by atoms with E-state index in [1.54, 1.807) is 24.3 Å². The van der Waals surface area contributed by atoms with Crippen LogP contribution in [0.25, 0.3) is 10.1 Å². The first kappa shape index (κ1) is 17.0. The van der Waals surface area contributed by atoms with Gasteiger partial charge in [0.15, 0.2) is 0 Å². The third-order valence-electron chi connectivity index (χ3n) is 4.90. The van der Waals surface area contributed by atoms with Crippen molar-refractivity contribution in [3.05, 3.63) is 53.3 Å². The van der Waals surface area contributed by atoms with Crippen LogP contribution < -0.4 is 10.2 Å². The number of hydrogen-bond donors (Lipinski definition) is 1. The van der Waals surface area contributed by atoms with Crippen LogP contribution in [-0.2, 0) is 4.79 Å². The highest BCUT2D eigenvalue weighted by Gasteiger charge is 2.27. The Morgan fingerprint density at radius 2 is 2.23 bits per heavy atom. The minimum atomic E-state index is -0.292. The molecule has 1 fully saturated rings. The number of thiophene rings is 1. The lowest BCUT2D eigenvalue weighted by Crippen LogP contribution is -2.41. The van der Waals surface area contributed by atoms with Gasteiger partial charge in [0.1, 0.15) is 11.6 Å². The molecule has 4 rings (SSSR count). The second-order valence-corrected chi connectivity index (χ2v) is 7.65. The molecular weight excluding hydrogens is 349 g/mol. The zero-order chi connectivity index (χ0) is 18.1. The summed E-state index contributed by atoms with van der Waals surface area (Å²) in [6.07, 6.45) is 3.63. The van der Waals surface area contributed by atoms with Crippen LogP contribution in [0, 0.1) is 18.7 Å². The standard InChI is InChI=1S/C20H20FN3OS/c1-13-11-15(21)4-5-17(13)23-20(25)14-3-2-9-24(12-14)19-16-7-10-26-18(16)6-8-22-19/h4-8,10-11,14H,2-3,9,12H2,1H3,(H,23,25). The Balaban J connectivity index is 1.51. The zero-order valence-corrected chi connectivity index (χ0v) is 15.4. The fraction of sp³-hybridized carbons (Fsp3) is 0.300. The van der Waals surface area contributed by atoms with Gasteiger partial charge in [0, 0.05) is 35.1 Å². The third kappa shape index (κ3) is 3.29. The molecule has 1 aromatic carbocycles. The minimum absolute atomic E-state index is 0.0121. The Kier molecular flexibility index (Phi) is 4.59. The van der Waals surface area contributed by atoms with Crippen LogP contribution in [0.4, 0.5) is 15.9 Å². The molecule has 1 unspecified atom stereocenters. The van der Waals surface area contributed by atoms with Gasteiger partial charge in [0.2, 0.25) is 5.91 Å². The van der Waals surface area contributed by atoms with E-state index in [0.717, 1.165) is 36.2 Å². The van der Waals surface area contributed by atoms with E-state index in [2.05, 4.69) is 26.6 Å². The molecule has 1 atom stereocenters. The molecule has 0 saturated carbocycles. The van der Waals surface area contributed by atoms with Crippen LogP contribution in [0.1, 0.15) is 18.4 Å². The van der Waals surface area contributed by atoms with Crippen molar-refractivity contribution >= 4 is 38.8 Å². The van der Waals surface area contributed by atoms with Gasteiger partial charge in [-0.2, -0.15) is 0 Å². The first-order valence-corrected chi connectivity index (χ1v) is 9.64. The zero-order valence-electron chi connectivity index (χ0n) is 14.5. The normalized spacial score (nSPS) is 17.5. The summed E-state index contributed by atoms with van der Waals surface area (Å²) < 4.78 is 14.5. The molecule has 3 aromatic rings. The van der Waals surface area contributed by atoms with Crippen LogP contribution >= 0.6 is 11.3 Å². The largest absolute Gasteiger partial charge is 0.355 e. The van der Waals surface area contributed by atoms with Crippen molar-refractivity contribution in [1.29, 1.82) is 0 Å². The quantitative estimate of drug-likeness (QED) is 0.734. The summed E-state index contributed by atoms with van der Waals surface area (Å²) in [5.74, 6) is 0.546. The highest BCUT2D eigenvalue weighted by atomic mass is 32.1. The van der Waals surface area contributed by atoms with E-state index in [9.17, 15) is 9.18 Å². The molecular formula is C20H20FN3OS. The average Bonchev–Trinajstić information content (AvgIpc) is 3.13. The van der Waals surface area contributed by atoms with Gasteiger partial charge < -0.3 is 10.2 Å². The predicted octanol–water partition coefficient (Wildman–Crippen LogP) is 4.60. The SMILES string of the molecule is Cc1cc(F)ccc1NC(=O)C1CCCN(c2nccc3sccc23)C1. The maximum Gasteiger partial charge on any atom is 0.229 e. The molecule has 1 aliphatic rings. The fourth-order valence-electron chi connectivity index (χ4n) is 3.52. The van der Waals surface area contributed by atoms with Crippen molar-refractivity contribution in [2.24, 2.45) is 5.92 Å². The number of piperidine rings is 1. The lowest BCUT2D eigenvalue weighted by molar-refractivity contribution is -0.120. The van der Waals surface area contributed by atoms with Crippen LogP contribution in [0.15, 0.2) is 41.9 Å². The maximum absolute atomic E-state index is 13.3. The number of pyridine rings is 1. The summed E-state index contributed by atoms with van der Waals surface area (Å²) >= 11 is 1.70. The van der Waals surface area contributed by atoms with Crippen LogP contribution in [0.5, 0.6) is 0 Å². The van der Waals surface area contributed by atoms with Crippen molar-refractivity contribution in [3.63, 3.8) is 0 Å². The second kappa shape index (κ2) is 7.03. The van der Waals surface area contributed by atoms with Gasteiger partial charge in [-0.3, -0.25) is 4.79 Å². The first-order chi connectivity index (χ1) is 12.6. The summed E-state index contributed by atoms with van der Waals surface area (Å²) in [4.78, 5) is 19.5. The number of nitrogens with zero attached hydrogens (tertiary/aromatic N) is 2. The van der Waals surface area contributed by atoms with Gasteiger partial charge >= 0.3 is 0 Å². The Hall–Kier alpha value is -2.47. The Morgan fingerprint density at radius 3 is 3.08 bits per heavy atom. The minimum Gasteiger partial charge on any atom is -0.355 e. The number of carbonyl (C=O) groups excluding carboxylic acids is 1. The van der Waals surface area contributed by atoms with Crippen molar-refractivity contribution in [2.75, 3.05) is 23.3 Å². The summed E-state index contributed by atoms with van der Waals surface area (Å²) in [7, 11) is 0. The van der Waals surface area contributed by atoms with Gasteiger partial charge in [-0.05, 0) is 61.0 Å². The Labute approximate surface area is 155 Å². The molecule has 3 heterocycles. The highest BCUT2D eigenvalue weighted by molar-refractivity contribution is 7.17. The number of nitrogens with one attached hydrogen (secondary N) is 1. The molecule has 4 nitrogen and oxygen atoms in total. The maximum atomic E-state index is 13.3. The summed E-state index contributed by atoms with van der Waals surface area (Å²) in [5, 5.41) is 6.18. The topological polar surface area (TPSA) is 45.2 Å². The van der Waals surface area contributed by atoms with Gasteiger partial charge in [-0.25, -0.2) is 9.37 Å². The molecule has 0 bridgehead atoms. The van der Waals surface area contributed by atoms with E-state index in [-0.39, 0.29) is 17.6 Å². The van der Waals surface area contributed by atoms with Gasteiger partial charge in [-0.1, -0.05) is 0 Å². The smallest absolute Gasteiger partial charge is 0.229 e. The van der Waals surface area contributed by atoms with Gasteiger partial charge in [-0.15, -0.1) is 11.3 Å². The molecule has 1 amide bonds. The van der Waals surface area contributed by atoms with Crippen molar-refractivity contribution in [3.8, 4) is 0 Å². The van der Waals surface area contributed by atoms with Crippen LogP contribution in [0.3, 0.4) is 0 Å². The fourth-order valence-corrected chi connectivity index (χ4v) is 4.29. The van der Waals surface area contributed by atoms with Crippen molar-refractivity contribution < 1.29 is 9.18 Å². The number of amides is 1. The number of anilines is 2. The number of aryl methyl sites for hydroxylation is 1. The van der Waals surface area contributed by atoms with E-state index in [0.29, 0.717) is 12.2 Å².